The van der Waals surface area contributed by atoms with E-state index in [0.29, 0.717) is 23.7 Å². The first-order valence-corrected chi connectivity index (χ1v) is 8.73. The van der Waals surface area contributed by atoms with Gasteiger partial charge in [0.15, 0.2) is 6.10 Å². The monoisotopic (exact) mass is 368 g/mol. The average molecular weight is 368 g/mol. The number of benzene rings is 2. The van der Waals surface area contributed by atoms with Crippen molar-refractivity contribution in [3.8, 4) is 11.5 Å². The molecule has 2 aromatic carbocycles. The van der Waals surface area contributed by atoms with Gasteiger partial charge in [0.2, 0.25) is 0 Å². The zero-order valence-corrected chi connectivity index (χ0v) is 15.5. The highest BCUT2D eigenvalue weighted by Gasteiger charge is 2.16. The summed E-state index contributed by atoms with van der Waals surface area (Å²) in [6.45, 7) is 7.64. The Morgan fingerprint density at radius 3 is 2.26 bits per heavy atom. The van der Waals surface area contributed by atoms with Crippen molar-refractivity contribution in [2.75, 3.05) is 6.61 Å². The lowest BCUT2D eigenvalue weighted by Crippen LogP contribution is -2.47. The maximum Gasteiger partial charge on any atom is 0.279 e. The topological polar surface area (TPSA) is 76.7 Å². The molecule has 142 valence electrons. The summed E-state index contributed by atoms with van der Waals surface area (Å²) in [4.78, 5) is 24.2. The van der Waals surface area contributed by atoms with E-state index in [-0.39, 0.29) is 0 Å². The summed E-state index contributed by atoms with van der Waals surface area (Å²) in [6, 6.07) is 14.1. The van der Waals surface area contributed by atoms with Crippen molar-refractivity contribution >= 4 is 11.8 Å². The molecule has 2 aromatic rings. The molecule has 1 atom stereocenters. The van der Waals surface area contributed by atoms with Gasteiger partial charge in [-0.15, -0.1) is 0 Å². The fourth-order valence-electron chi connectivity index (χ4n) is 2.21. The lowest BCUT2D eigenvalue weighted by Gasteiger charge is -2.15. The van der Waals surface area contributed by atoms with Crippen LogP contribution in [0.25, 0.3) is 0 Å². The highest BCUT2D eigenvalue weighted by Crippen LogP contribution is 2.14. The van der Waals surface area contributed by atoms with E-state index in [0.717, 1.165) is 6.42 Å². The summed E-state index contributed by atoms with van der Waals surface area (Å²) in [5.41, 5.74) is 6.32. The number of ether oxygens (including phenoxy) is 2. The van der Waals surface area contributed by atoms with E-state index in [1.54, 1.807) is 37.3 Å². The average Bonchev–Trinajstić information content (AvgIpc) is 2.71. The highest BCUT2D eigenvalue weighted by molar-refractivity contribution is 5.95. The van der Waals surface area contributed by atoms with E-state index < -0.39 is 17.9 Å². The Hall–Kier alpha value is -3.28. The highest BCUT2D eigenvalue weighted by atomic mass is 16.5. The van der Waals surface area contributed by atoms with Crippen molar-refractivity contribution in [1.82, 2.24) is 10.9 Å². The Kier molecular flexibility index (Phi) is 7.43. The molecule has 0 saturated carbocycles. The predicted octanol–water partition coefficient (Wildman–Crippen LogP) is 3.04. The van der Waals surface area contributed by atoms with Gasteiger partial charge in [-0.05, 0) is 55.3 Å². The smallest absolute Gasteiger partial charge is 0.279 e. The van der Waals surface area contributed by atoms with Gasteiger partial charge < -0.3 is 9.47 Å². The SMILES string of the molecule is C=CCOc1ccc(C(=O)NNC(=O)[C@H](C)Oc2ccc(CC)cc2)cc1. The number of aryl methyl sites for hydroxylation is 1. The van der Waals surface area contributed by atoms with Crippen LogP contribution in [0.3, 0.4) is 0 Å². The van der Waals surface area contributed by atoms with Gasteiger partial charge >= 0.3 is 0 Å². The second-order valence-electron chi connectivity index (χ2n) is 5.83. The molecule has 0 aliphatic rings. The zero-order chi connectivity index (χ0) is 19.6. The van der Waals surface area contributed by atoms with Crippen LogP contribution in [-0.2, 0) is 11.2 Å². The van der Waals surface area contributed by atoms with Crippen molar-refractivity contribution < 1.29 is 19.1 Å². The summed E-state index contributed by atoms with van der Waals surface area (Å²) in [7, 11) is 0. The second-order valence-corrected chi connectivity index (χ2v) is 5.83. The van der Waals surface area contributed by atoms with Gasteiger partial charge in [0.25, 0.3) is 11.8 Å². The summed E-state index contributed by atoms with van der Waals surface area (Å²) >= 11 is 0. The lowest BCUT2D eigenvalue weighted by molar-refractivity contribution is -0.128. The number of hydrogen-bond acceptors (Lipinski definition) is 4. The quantitative estimate of drug-likeness (QED) is 0.555. The number of carbonyl (C=O) groups is 2. The third-order valence-corrected chi connectivity index (χ3v) is 3.80. The molecule has 0 radical (unpaired) electrons. The van der Waals surface area contributed by atoms with Gasteiger partial charge in [0.05, 0.1) is 0 Å². The molecule has 2 rings (SSSR count). The third-order valence-electron chi connectivity index (χ3n) is 3.80. The molecule has 0 unspecified atom stereocenters. The van der Waals surface area contributed by atoms with E-state index >= 15 is 0 Å². The van der Waals surface area contributed by atoms with Gasteiger partial charge in [-0.3, -0.25) is 20.4 Å². The third kappa shape index (κ3) is 6.18. The van der Waals surface area contributed by atoms with E-state index in [1.165, 1.54) is 5.56 Å². The van der Waals surface area contributed by atoms with Crippen molar-refractivity contribution in [2.45, 2.75) is 26.4 Å². The van der Waals surface area contributed by atoms with E-state index in [4.69, 9.17) is 9.47 Å². The standard InChI is InChI=1S/C21H24N2O4/c1-4-14-26-18-12-8-17(9-13-18)21(25)23-22-20(24)15(3)27-19-10-6-16(5-2)7-11-19/h4,6-13,15H,1,5,14H2,2-3H3,(H,22,24)(H,23,25)/t15-/m0/s1. The van der Waals surface area contributed by atoms with Gasteiger partial charge in [-0.25, -0.2) is 0 Å². The molecular formula is C21H24N2O4. The van der Waals surface area contributed by atoms with Crippen molar-refractivity contribution in [1.29, 1.82) is 0 Å². The summed E-state index contributed by atoms with van der Waals surface area (Å²) in [5.74, 6) is 0.342. The Labute approximate surface area is 159 Å². The molecule has 0 bridgehead atoms. The molecule has 0 aliphatic heterocycles. The molecule has 27 heavy (non-hydrogen) atoms. The molecule has 0 fully saturated rings. The van der Waals surface area contributed by atoms with E-state index in [9.17, 15) is 9.59 Å². The molecule has 0 aliphatic carbocycles. The Morgan fingerprint density at radius 1 is 1.04 bits per heavy atom. The molecule has 0 spiro atoms. The Morgan fingerprint density at radius 2 is 1.67 bits per heavy atom. The van der Waals surface area contributed by atoms with Crippen LogP contribution in [0.2, 0.25) is 0 Å². The first-order valence-electron chi connectivity index (χ1n) is 8.73. The maximum atomic E-state index is 12.1. The van der Waals surface area contributed by atoms with Crippen LogP contribution in [0.4, 0.5) is 0 Å². The first-order chi connectivity index (χ1) is 13.0. The van der Waals surface area contributed by atoms with Crippen molar-refractivity contribution in [3.63, 3.8) is 0 Å². The van der Waals surface area contributed by atoms with Crippen molar-refractivity contribution in [3.05, 3.63) is 72.3 Å². The molecule has 6 heteroatoms. The fourth-order valence-corrected chi connectivity index (χ4v) is 2.21. The Balaban J connectivity index is 1.82. The molecule has 0 saturated heterocycles. The predicted molar refractivity (Wildman–Crippen MR) is 104 cm³/mol. The van der Waals surface area contributed by atoms with Crippen LogP contribution >= 0.6 is 0 Å². The normalized spacial score (nSPS) is 11.2. The maximum absolute atomic E-state index is 12.1. The van der Waals surface area contributed by atoms with Gasteiger partial charge in [-0.1, -0.05) is 31.7 Å². The number of amides is 2. The Bertz CT molecular complexity index is 770. The molecule has 6 nitrogen and oxygen atoms in total. The minimum Gasteiger partial charge on any atom is -0.490 e. The minimum atomic E-state index is -0.757. The molecule has 0 heterocycles. The minimum absolute atomic E-state index is 0.390. The summed E-state index contributed by atoms with van der Waals surface area (Å²) < 4.78 is 10.9. The van der Waals surface area contributed by atoms with E-state index in [1.807, 2.05) is 24.3 Å². The van der Waals surface area contributed by atoms with Gasteiger partial charge in [0, 0.05) is 5.56 Å². The lowest BCUT2D eigenvalue weighted by atomic mass is 10.2. The van der Waals surface area contributed by atoms with Gasteiger partial charge in [0.1, 0.15) is 18.1 Å². The number of nitrogens with one attached hydrogen (secondary N) is 2. The van der Waals surface area contributed by atoms with Crippen LogP contribution in [0.1, 0.15) is 29.8 Å². The molecule has 2 N–H and O–H groups in total. The van der Waals surface area contributed by atoms with E-state index in [2.05, 4.69) is 24.4 Å². The number of carbonyl (C=O) groups excluding carboxylic acids is 2. The van der Waals surface area contributed by atoms with Crippen LogP contribution in [0, 0.1) is 0 Å². The molecule has 2 amide bonds. The largest absolute Gasteiger partial charge is 0.490 e. The summed E-state index contributed by atoms with van der Waals surface area (Å²) in [6.07, 6.45) is 1.81. The van der Waals surface area contributed by atoms with Gasteiger partial charge in [-0.2, -0.15) is 0 Å². The second kappa shape index (κ2) is 10.0. The molecular weight excluding hydrogens is 344 g/mol. The zero-order valence-electron chi connectivity index (χ0n) is 15.5. The fraction of sp³-hybridized carbons (Fsp3) is 0.238. The van der Waals surface area contributed by atoms with Crippen LogP contribution in [0.5, 0.6) is 11.5 Å². The summed E-state index contributed by atoms with van der Waals surface area (Å²) in [5, 5.41) is 0. The van der Waals surface area contributed by atoms with Crippen LogP contribution in [0.15, 0.2) is 61.2 Å². The van der Waals surface area contributed by atoms with Crippen LogP contribution < -0.4 is 20.3 Å². The first kappa shape index (κ1) is 20.0. The molecule has 0 aromatic heterocycles. The number of hydrogen-bond donors (Lipinski definition) is 2. The number of rotatable bonds is 8. The number of hydrazine groups is 1. The van der Waals surface area contributed by atoms with Crippen LogP contribution in [-0.4, -0.2) is 24.5 Å². The van der Waals surface area contributed by atoms with Crippen molar-refractivity contribution in [2.24, 2.45) is 0 Å².